The number of amides is 1. The normalized spacial score (nSPS) is 21.0. The molecule has 0 spiro atoms. The molecule has 39 heavy (non-hydrogen) atoms. The molecule has 1 saturated heterocycles. The van der Waals surface area contributed by atoms with Gasteiger partial charge in [0.05, 0.1) is 31.3 Å². The van der Waals surface area contributed by atoms with Crippen LogP contribution in [-0.2, 0) is 20.7 Å². The second-order valence-electron chi connectivity index (χ2n) is 10.1. The highest BCUT2D eigenvalue weighted by atomic mass is 19.1. The lowest BCUT2D eigenvalue weighted by molar-refractivity contribution is -0.207. The Hall–Kier alpha value is -3.84. The number of benzene rings is 4. The van der Waals surface area contributed by atoms with Gasteiger partial charge in [-0.3, -0.25) is 10.1 Å². The molecule has 4 aromatic rings. The number of carbonyl (C=O) groups excluding carboxylic acids is 1. The summed E-state index contributed by atoms with van der Waals surface area (Å²) in [5.41, 5.74) is 5.40. The topological polar surface area (TPSA) is 50.8 Å². The number of nitrogens with one attached hydrogen (secondary N) is 1. The van der Waals surface area contributed by atoms with E-state index in [1.165, 1.54) is 17.7 Å². The quantitative estimate of drug-likeness (QED) is 0.368. The number of fused-ring (bicyclic) bond motifs is 1. The molecule has 6 rings (SSSR count). The van der Waals surface area contributed by atoms with Crippen molar-refractivity contribution in [2.75, 3.05) is 19.8 Å². The van der Waals surface area contributed by atoms with Gasteiger partial charge in [-0.25, -0.2) is 4.39 Å². The summed E-state index contributed by atoms with van der Waals surface area (Å²) in [6.07, 6.45) is -0.241. The number of nitrogens with zero attached hydrogens (tertiary/aromatic N) is 1. The Kier molecular flexibility index (Phi) is 7.50. The van der Waals surface area contributed by atoms with Crippen LogP contribution in [0.2, 0.25) is 0 Å². The zero-order valence-corrected chi connectivity index (χ0v) is 21.6. The lowest BCUT2D eigenvalue weighted by atomic mass is 9.88. The van der Waals surface area contributed by atoms with Crippen LogP contribution in [0.5, 0.6) is 0 Å². The standard InChI is InChI=1S/C33H31FN2O3/c34-27-17-15-26(16-18-27)31-29-14-8-7-9-23(29)19-20-36(31)32(37)33-38-21-28(22-39-33)35-30(24-10-3-1-4-11-24)25-12-5-2-6-13-25/h1-18,28,30-31,33,35H,19-22H2/t28-,31-,33+/m0/s1. The first-order chi connectivity index (χ1) is 19.2. The molecule has 0 aromatic heterocycles. The molecule has 1 N–H and O–H groups in total. The van der Waals surface area contributed by atoms with E-state index >= 15 is 0 Å². The molecular weight excluding hydrogens is 491 g/mol. The molecule has 1 amide bonds. The molecule has 2 aliphatic heterocycles. The van der Waals surface area contributed by atoms with Gasteiger partial charge in [-0.2, -0.15) is 0 Å². The summed E-state index contributed by atoms with van der Waals surface area (Å²) >= 11 is 0. The molecular formula is C33H31FN2O3. The summed E-state index contributed by atoms with van der Waals surface area (Å²) < 4.78 is 25.8. The van der Waals surface area contributed by atoms with Crippen LogP contribution in [0.25, 0.3) is 0 Å². The first kappa shape index (κ1) is 25.4. The van der Waals surface area contributed by atoms with E-state index in [1.54, 1.807) is 12.1 Å². The third-order valence-corrected chi connectivity index (χ3v) is 7.52. The van der Waals surface area contributed by atoms with Gasteiger partial charge in [0.1, 0.15) is 5.82 Å². The monoisotopic (exact) mass is 522 g/mol. The first-order valence-electron chi connectivity index (χ1n) is 13.4. The van der Waals surface area contributed by atoms with Crippen molar-refractivity contribution in [1.82, 2.24) is 10.2 Å². The van der Waals surface area contributed by atoms with Crippen LogP contribution in [0.4, 0.5) is 4.39 Å². The maximum atomic E-state index is 13.8. The van der Waals surface area contributed by atoms with E-state index in [4.69, 9.17) is 9.47 Å². The second kappa shape index (κ2) is 11.5. The van der Waals surface area contributed by atoms with Gasteiger partial charge >= 0.3 is 0 Å². The molecule has 2 aliphatic rings. The SMILES string of the molecule is O=C([C@H]1OC[C@@H](NC(c2ccccc2)c2ccccc2)CO1)N1CCc2ccccc2[C@@H]1c1ccc(F)cc1. The van der Waals surface area contributed by atoms with E-state index < -0.39 is 6.29 Å². The molecule has 1 atom stereocenters. The lowest BCUT2D eigenvalue weighted by Crippen LogP contribution is -2.53. The van der Waals surface area contributed by atoms with Gasteiger partial charge in [-0.1, -0.05) is 97.1 Å². The fraction of sp³-hybridized carbons (Fsp3) is 0.242. The molecule has 2 heterocycles. The Morgan fingerprint density at radius 1 is 0.795 bits per heavy atom. The highest BCUT2D eigenvalue weighted by molar-refractivity contribution is 5.81. The highest BCUT2D eigenvalue weighted by Gasteiger charge is 2.38. The van der Waals surface area contributed by atoms with Gasteiger partial charge in [0.25, 0.3) is 5.91 Å². The van der Waals surface area contributed by atoms with Crippen LogP contribution >= 0.6 is 0 Å². The maximum absolute atomic E-state index is 13.8. The minimum atomic E-state index is -0.983. The average Bonchev–Trinajstić information content (AvgIpc) is 3.00. The van der Waals surface area contributed by atoms with Crippen molar-refractivity contribution in [2.24, 2.45) is 0 Å². The lowest BCUT2D eigenvalue weighted by Gasteiger charge is -2.40. The largest absolute Gasteiger partial charge is 0.343 e. The van der Waals surface area contributed by atoms with Crippen molar-refractivity contribution in [3.8, 4) is 0 Å². The predicted molar refractivity (Wildman–Crippen MR) is 147 cm³/mol. The van der Waals surface area contributed by atoms with Crippen molar-refractivity contribution >= 4 is 5.91 Å². The summed E-state index contributed by atoms with van der Waals surface area (Å²) in [5, 5.41) is 3.67. The van der Waals surface area contributed by atoms with Crippen molar-refractivity contribution < 1.29 is 18.7 Å². The first-order valence-corrected chi connectivity index (χ1v) is 13.4. The van der Waals surface area contributed by atoms with Crippen LogP contribution in [0.1, 0.15) is 39.9 Å². The van der Waals surface area contributed by atoms with E-state index in [-0.39, 0.29) is 29.8 Å². The zero-order valence-electron chi connectivity index (χ0n) is 21.6. The van der Waals surface area contributed by atoms with E-state index in [0.717, 1.165) is 28.7 Å². The predicted octanol–water partition coefficient (Wildman–Crippen LogP) is 5.42. The Labute approximate surface area is 228 Å². The van der Waals surface area contributed by atoms with E-state index in [2.05, 4.69) is 35.6 Å². The van der Waals surface area contributed by atoms with Crippen molar-refractivity contribution in [2.45, 2.75) is 30.8 Å². The number of rotatable bonds is 6. The molecule has 4 aromatic carbocycles. The molecule has 198 valence electrons. The molecule has 0 aliphatic carbocycles. The molecule has 0 saturated carbocycles. The second-order valence-corrected chi connectivity index (χ2v) is 10.1. The van der Waals surface area contributed by atoms with E-state index in [1.807, 2.05) is 59.5 Å². The minimum Gasteiger partial charge on any atom is -0.343 e. The molecule has 0 unspecified atom stereocenters. The van der Waals surface area contributed by atoms with Crippen molar-refractivity contribution in [1.29, 1.82) is 0 Å². The van der Waals surface area contributed by atoms with Crippen LogP contribution in [-0.4, -0.2) is 42.9 Å². The number of halogens is 1. The molecule has 6 heteroatoms. The Morgan fingerprint density at radius 2 is 1.38 bits per heavy atom. The number of hydrogen-bond donors (Lipinski definition) is 1. The van der Waals surface area contributed by atoms with Gasteiger partial charge < -0.3 is 14.4 Å². The smallest absolute Gasteiger partial charge is 0.280 e. The number of hydrogen-bond acceptors (Lipinski definition) is 4. The van der Waals surface area contributed by atoms with Gasteiger partial charge in [-0.15, -0.1) is 0 Å². The summed E-state index contributed by atoms with van der Waals surface area (Å²) in [7, 11) is 0. The van der Waals surface area contributed by atoms with Gasteiger partial charge in [0.2, 0.25) is 6.29 Å². The zero-order chi connectivity index (χ0) is 26.6. The van der Waals surface area contributed by atoms with Crippen LogP contribution in [0, 0.1) is 5.82 Å². The van der Waals surface area contributed by atoms with Gasteiger partial charge in [0.15, 0.2) is 0 Å². The Bertz CT molecular complexity index is 1350. The number of carbonyl (C=O) groups is 1. The minimum absolute atomic E-state index is 0.0293. The molecule has 0 radical (unpaired) electrons. The molecule has 5 nitrogen and oxygen atoms in total. The molecule has 0 bridgehead atoms. The van der Waals surface area contributed by atoms with Crippen molar-refractivity contribution in [3.05, 3.63) is 143 Å². The third-order valence-electron chi connectivity index (χ3n) is 7.52. The maximum Gasteiger partial charge on any atom is 0.280 e. The fourth-order valence-electron chi connectivity index (χ4n) is 5.60. The van der Waals surface area contributed by atoms with Gasteiger partial charge in [0, 0.05) is 6.54 Å². The van der Waals surface area contributed by atoms with Crippen LogP contribution in [0.15, 0.2) is 109 Å². The summed E-state index contributed by atoms with van der Waals surface area (Å²) in [4.78, 5) is 15.6. The number of ether oxygens (including phenoxy) is 2. The Morgan fingerprint density at radius 3 is 2.03 bits per heavy atom. The van der Waals surface area contributed by atoms with E-state index in [9.17, 15) is 9.18 Å². The Balaban J connectivity index is 1.17. The fourth-order valence-corrected chi connectivity index (χ4v) is 5.60. The summed E-state index contributed by atoms with van der Waals surface area (Å²) in [6, 6.07) is 34.6. The van der Waals surface area contributed by atoms with Crippen molar-refractivity contribution in [3.63, 3.8) is 0 Å². The van der Waals surface area contributed by atoms with Crippen LogP contribution in [0.3, 0.4) is 0 Å². The summed E-state index contributed by atoms with van der Waals surface area (Å²) in [5.74, 6) is -0.512. The summed E-state index contributed by atoms with van der Waals surface area (Å²) in [6.45, 7) is 1.23. The molecule has 1 fully saturated rings. The highest BCUT2D eigenvalue weighted by Crippen LogP contribution is 2.36. The van der Waals surface area contributed by atoms with Gasteiger partial charge in [-0.05, 0) is 46.4 Å². The average molecular weight is 523 g/mol. The third kappa shape index (κ3) is 5.50. The van der Waals surface area contributed by atoms with Crippen LogP contribution < -0.4 is 5.32 Å². The van der Waals surface area contributed by atoms with E-state index in [0.29, 0.717) is 19.8 Å².